The number of hydrogen-bond acceptors (Lipinski definition) is 7. The number of carbonyl (C=O) groups is 2. The predicted octanol–water partition coefficient (Wildman–Crippen LogP) is 0.386. The zero-order chi connectivity index (χ0) is 22.7. The van der Waals surface area contributed by atoms with Crippen LogP contribution >= 0.6 is 0 Å². The van der Waals surface area contributed by atoms with Crippen LogP contribution in [0.1, 0.15) is 23.2 Å². The van der Waals surface area contributed by atoms with Gasteiger partial charge in [0.25, 0.3) is 0 Å². The first-order valence-corrected chi connectivity index (χ1v) is 12.4. The highest BCUT2D eigenvalue weighted by Crippen LogP contribution is 2.33. The van der Waals surface area contributed by atoms with Gasteiger partial charge in [-0.15, -0.1) is 0 Å². The van der Waals surface area contributed by atoms with Crippen molar-refractivity contribution in [2.75, 3.05) is 44.7 Å². The number of fused-ring (bicyclic) bond motifs is 1. The Morgan fingerprint density at radius 3 is 2.62 bits per heavy atom. The third kappa shape index (κ3) is 5.00. The monoisotopic (exact) mass is 461 g/mol. The molecule has 4 rings (SSSR count). The summed E-state index contributed by atoms with van der Waals surface area (Å²) in [5.41, 5.74) is 2.44. The molecular formula is C21H27N5O5S. The largest absolute Gasteiger partial charge is 0.379 e. The standard InChI is InChI=1S/C21H27N5O5S/c1-15-5-2-3-6-18(15)26-19(16-13-32(29,30)14-17(16)24-26)23-21(28)20(27)22-7-4-8-25-9-11-31-12-10-25/h2-3,5-6H,4,7-14H2,1H3,(H,22,27)(H,23,28). The molecule has 3 heterocycles. The van der Waals surface area contributed by atoms with Gasteiger partial charge >= 0.3 is 11.8 Å². The van der Waals surface area contributed by atoms with E-state index in [1.807, 2.05) is 31.2 Å². The number of nitrogens with zero attached hydrogens (tertiary/aromatic N) is 3. The second kappa shape index (κ2) is 9.39. The molecule has 2 aliphatic rings. The summed E-state index contributed by atoms with van der Waals surface area (Å²) in [7, 11) is -3.32. The summed E-state index contributed by atoms with van der Waals surface area (Å²) in [6.45, 7) is 6.24. The van der Waals surface area contributed by atoms with Gasteiger partial charge in [-0.05, 0) is 31.5 Å². The Bertz CT molecular complexity index is 1120. The molecule has 1 saturated heterocycles. The predicted molar refractivity (Wildman–Crippen MR) is 118 cm³/mol. The van der Waals surface area contributed by atoms with Crippen molar-refractivity contribution in [3.05, 3.63) is 41.1 Å². The van der Waals surface area contributed by atoms with E-state index >= 15 is 0 Å². The normalized spacial score (nSPS) is 17.7. The van der Waals surface area contributed by atoms with Crippen LogP contribution in [0, 0.1) is 6.92 Å². The quantitative estimate of drug-likeness (QED) is 0.471. The zero-order valence-corrected chi connectivity index (χ0v) is 18.8. The smallest absolute Gasteiger partial charge is 0.314 e. The van der Waals surface area contributed by atoms with E-state index in [1.165, 1.54) is 4.68 Å². The van der Waals surface area contributed by atoms with Crippen molar-refractivity contribution >= 4 is 27.5 Å². The van der Waals surface area contributed by atoms with Gasteiger partial charge < -0.3 is 15.4 Å². The molecule has 1 aromatic carbocycles. The van der Waals surface area contributed by atoms with E-state index in [0.717, 1.165) is 25.2 Å². The Hall–Kier alpha value is -2.76. The Morgan fingerprint density at radius 1 is 1.12 bits per heavy atom. The third-order valence-corrected chi connectivity index (χ3v) is 7.05. The zero-order valence-electron chi connectivity index (χ0n) is 18.0. The van der Waals surface area contributed by atoms with Crippen LogP contribution in [0.2, 0.25) is 0 Å². The number of ether oxygens (including phenoxy) is 1. The Morgan fingerprint density at radius 2 is 1.88 bits per heavy atom. The van der Waals surface area contributed by atoms with Gasteiger partial charge in [-0.25, -0.2) is 13.1 Å². The van der Waals surface area contributed by atoms with Crippen LogP contribution in [0.15, 0.2) is 24.3 Å². The summed E-state index contributed by atoms with van der Waals surface area (Å²) in [5.74, 6) is -1.79. The minimum absolute atomic E-state index is 0.183. The number of carbonyl (C=O) groups excluding carboxylic acids is 2. The lowest BCUT2D eigenvalue weighted by atomic mass is 10.2. The molecule has 10 nitrogen and oxygen atoms in total. The summed E-state index contributed by atoms with van der Waals surface area (Å²) in [4.78, 5) is 27.2. The van der Waals surface area contributed by atoms with Gasteiger partial charge in [-0.1, -0.05) is 18.2 Å². The average Bonchev–Trinajstić information content (AvgIpc) is 3.24. The lowest BCUT2D eigenvalue weighted by Gasteiger charge is -2.26. The van der Waals surface area contributed by atoms with Crippen LogP contribution in [0.3, 0.4) is 0 Å². The van der Waals surface area contributed by atoms with Gasteiger partial charge in [-0.3, -0.25) is 14.5 Å². The van der Waals surface area contributed by atoms with Crippen molar-refractivity contribution in [2.24, 2.45) is 0 Å². The van der Waals surface area contributed by atoms with Crippen LogP contribution in [0.5, 0.6) is 0 Å². The molecule has 2 amide bonds. The molecule has 2 N–H and O–H groups in total. The highest BCUT2D eigenvalue weighted by atomic mass is 32.2. The van der Waals surface area contributed by atoms with Crippen molar-refractivity contribution in [2.45, 2.75) is 24.9 Å². The number of anilines is 1. The molecule has 32 heavy (non-hydrogen) atoms. The molecular weight excluding hydrogens is 434 g/mol. The van der Waals surface area contributed by atoms with Gasteiger partial charge in [-0.2, -0.15) is 5.10 Å². The van der Waals surface area contributed by atoms with Crippen molar-refractivity contribution in [1.82, 2.24) is 20.0 Å². The molecule has 0 atom stereocenters. The van der Waals surface area contributed by atoms with Crippen LogP contribution in [-0.4, -0.2) is 74.3 Å². The first-order chi connectivity index (χ1) is 15.3. The molecule has 1 aromatic heterocycles. The summed E-state index contributed by atoms with van der Waals surface area (Å²) >= 11 is 0. The number of sulfone groups is 1. The fourth-order valence-corrected chi connectivity index (χ4v) is 5.41. The number of morpholine rings is 1. The van der Waals surface area contributed by atoms with E-state index in [2.05, 4.69) is 20.6 Å². The molecule has 0 aliphatic carbocycles. The molecule has 2 aliphatic heterocycles. The van der Waals surface area contributed by atoms with Crippen molar-refractivity contribution < 1.29 is 22.7 Å². The van der Waals surface area contributed by atoms with Gasteiger partial charge in [0.1, 0.15) is 5.82 Å². The highest BCUT2D eigenvalue weighted by Gasteiger charge is 2.34. The Kier molecular flexibility index (Phi) is 6.58. The number of rotatable bonds is 6. The number of aryl methyl sites for hydroxylation is 1. The van der Waals surface area contributed by atoms with Gasteiger partial charge in [0, 0.05) is 25.2 Å². The van der Waals surface area contributed by atoms with E-state index in [-0.39, 0.29) is 17.3 Å². The molecule has 0 spiro atoms. The Balaban J connectivity index is 1.44. The number of hydrogen-bond donors (Lipinski definition) is 2. The van der Waals surface area contributed by atoms with Crippen LogP contribution in [0.4, 0.5) is 5.82 Å². The van der Waals surface area contributed by atoms with Gasteiger partial charge in [0.05, 0.1) is 36.1 Å². The molecule has 0 saturated carbocycles. The van der Waals surface area contributed by atoms with Crippen LogP contribution in [-0.2, 0) is 35.7 Å². The summed E-state index contributed by atoms with van der Waals surface area (Å²) in [6, 6.07) is 7.43. The van der Waals surface area contributed by atoms with Crippen molar-refractivity contribution in [1.29, 1.82) is 0 Å². The maximum absolute atomic E-state index is 12.6. The van der Waals surface area contributed by atoms with E-state index < -0.39 is 21.7 Å². The number of para-hydroxylation sites is 1. The molecule has 0 radical (unpaired) electrons. The maximum atomic E-state index is 12.6. The molecule has 11 heteroatoms. The molecule has 2 aromatic rings. The number of nitrogens with one attached hydrogen (secondary N) is 2. The van der Waals surface area contributed by atoms with E-state index in [1.54, 1.807) is 0 Å². The summed E-state index contributed by atoms with van der Waals surface area (Å²) in [5, 5.41) is 9.67. The lowest BCUT2D eigenvalue weighted by molar-refractivity contribution is -0.136. The first-order valence-electron chi connectivity index (χ1n) is 10.6. The summed E-state index contributed by atoms with van der Waals surface area (Å²) in [6.07, 6.45) is 0.716. The van der Waals surface area contributed by atoms with Crippen molar-refractivity contribution in [3.8, 4) is 5.69 Å². The summed E-state index contributed by atoms with van der Waals surface area (Å²) < 4.78 is 31.0. The second-order valence-corrected chi connectivity index (χ2v) is 10.1. The van der Waals surface area contributed by atoms with E-state index in [9.17, 15) is 18.0 Å². The second-order valence-electron chi connectivity index (χ2n) is 8.02. The highest BCUT2D eigenvalue weighted by molar-refractivity contribution is 7.90. The topological polar surface area (TPSA) is 123 Å². The third-order valence-electron chi connectivity index (χ3n) is 5.61. The molecule has 1 fully saturated rings. The SMILES string of the molecule is Cc1ccccc1-n1nc2c(c1NC(=O)C(=O)NCCCN1CCOCC1)CS(=O)(=O)C2. The average molecular weight is 462 g/mol. The minimum Gasteiger partial charge on any atom is -0.379 e. The number of amides is 2. The van der Waals surface area contributed by atoms with E-state index in [0.29, 0.717) is 43.1 Å². The van der Waals surface area contributed by atoms with Gasteiger partial charge in [0.2, 0.25) is 0 Å². The fourth-order valence-electron chi connectivity index (χ4n) is 3.92. The number of aromatic nitrogens is 2. The van der Waals surface area contributed by atoms with Crippen LogP contribution < -0.4 is 10.6 Å². The van der Waals surface area contributed by atoms with E-state index in [4.69, 9.17) is 4.74 Å². The molecule has 172 valence electrons. The first kappa shape index (κ1) is 22.4. The molecule has 0 bridgehead atoms. The number of benzene rings is 1. The molecule has 0 unspecified atom stereocenters. The minimum atomic E-state index is -3.32. The van der Waals surface area contributed by atoms with Crippen molar-refractivity contribution in [3.63, 3.8) is 0 Å². The van der Waals surface area contributed by atoms with Gasteiger partial charge in [0.15, 0.2) is 9.84 Å². The fraction of sp³-hybridized carbons (Fsp3) is 0.476. The lowest BCUT2D eigenvalue weighted by Crippen LogP contribution is -2.40. The maximum Gasteiger partial charge on any atom is 0.314 e. The Labute approximate surface area is 186 Å². The van der Waals surface area contributed by atoms with Crippen LogP contribution in [0.25, 0.3) is 5.69 Å².